The number of methoxy groups -OCH3 is 1. The van der Waals surface area contributed by atoms with E-state index in [2.05, 4.69) is 4.98 Å². The van der Waals surface area contributed by atoms with Crippen molar-refractivity contribution < 1.29 is 4.74 Å². The van der Waals surface area contributed by atoms with Crippen LogP contribution in [0.25, 0.3) is 0 Å². The number of hydrogen-bond acceptors (Lipinski definition) is 3. The Kier molecular flexibility index (Phi) is 3.72. The van der Waals surface area contributed by atoms with E-state index >= 15 is 0 Å². The lowest BCUT2D eigenvalue weighted by atomic mass is 10.1. The molecule has 0 saturated heterocycles. The lowest BCUT2D eigenvalue weighted by Gasteiger charge is -2.14. The minimum Gasteiger partial charge on any atom is -0.496 e. The van der Waals surface area contributed by atoms with Crippen LogP contribution in [0.4, 0.5) is 0 Å². The summed E-state index contributed by atoms with van der Waals surface area (Å²) in [7, 11) is 1.64. The molecule has 0 spiro atoms. The van der Waals surface area contributed by atoms with Crippen molar-refractivity contribution in [1.82, 2.24) is 9.55 Å². The number of ether oxygens (including phenoxy) is 1. The van der Waals surface area contributed by atoms with E-state index in [9.17, 15) is 4.79 Å². The third-order valence-electron chi connectivity index (χ3n) is 3.71. The summed E-state index contributed by atoms with van der Waals surface area (Å²) in [5.41, 5.74) is 2.00. The van der Waals surface area contributed by atoms with Gasteiger partial charge in [0.25, 0.3) is 5.56 Å². The molecule has 0 unspecified atom stereocenters. The second-order valence-electron chi connectivity index (χ2n) is 5.45. The van der Waals surface area contributed by atoms with Gasteiger partial charge in [-0.1, -0.05) is 29.3 Å². The fourth-order valence-corrected chi connectivity index (χ4v) is 2.69. The summed E-state index contributed by atoms with van der Waals surface area (Å²) < 4.78 is 7.10. The Balaban J connectivity index is 2.06. The summed E-state index contributed by atoms with van der Waals surface area (Å²) in [5, 5.41) is 0.273. The summed E-state index contributed by atoms with van der Waals surface area (Å²) in [5.74, 6) is 1.92. The smallest absolute Gasteiger partial charge is 0.255 e. The zero-order valence-corrected chi connectivity index (χ0v) is 12.9. The van der Waals surface area contributed by atoms with E-state index in [0.717, 1.165) is 35.5 Å². The van der Waals surface area contributed by atoms with Crippen LogP contribution in [-0.4, -0.2) is 16.7 Å². The number of halogens is 1. The predicted molar refractivity (Wildman–Crippen MR) is 82.3 cm³/mol. The van der Waals surface area contributed by atoms with E-state index in [0.29, 0.717) is 12.5 Å². The average molecular weight is 305 g/mol. The Bertz CT molecular complexity index is 736. The number of aryl methyl sites for hydroxylation is 1. The van der Waals surface area contributed by atoms with Crippen LogP contribution < -0.4 is 10.3 Å². The standard InChI is InChI=1S/C16H17ClN2O2/c1-10-3-6-13(21-2)12(7-10)9-19-15(20)8-14(17)18-16(19)11-4-5-11/h3,6-8,11H,4-5,9H2,1-2H3. The number of nitrogens with zero attached hydrogens (tertiary/aromatic N) is 2. The highest BCUT2D eigenvalue weighted by molar-refractivity contribution is 6.29. The van der Waals surface area contributed by atoms with E-state index in [1.807, 2.05) is 25.1 Å². The summed E-state index contributed by atoms with van der Waals surface area (Å²) >= 11 is 5.93. The number of rotatable bonds is 4. The Morgan fingerprint density at radius 2 is 2.14 bits per heavy atom. The molecule has 3 rings (SSSR count). The molecule has 0 aliphatic heterocycles. The molecule has 0 bridgehead atoms. The molecule has 0 radical (unpaired) electrons. The highest BCUT2D eigenvalue weighted by Crippen LogP contribution is 2.39. The molecule has 0 atom stereocenters. The molecule has 2 aromatic rings. The molecule has 0 N–H and O–H groups in total. The van der Waals surface area contributed by atoms with Gasteiger partial charge in [0.1, 0.15) is 16.7 Å². The first-order chi connectivity index (χ1) is 10.1. The second kappa shape index (κ2) is 5.53. The molecule has 1 aliphatic carbocycles. The van der Waals surface area contributed by atoms with E-state index in [1.165, 1.54) is 6.07 Å². The Morgan fingerprint density at radius 3 is 2.81 bits per heavy atom. The second-order valence-corrected chi connectivity index (χ2v) is 5.84. The quantitative estimate of drug-likeness (QED) is 0.815. The van der Waals surface area contributed by atoms with Crippen LogP contribution >= 0.6 is 11.6 Å². The maximum atomic E-state index is 12.3. The zero-order valence-electron chi connectivity index (χ0n) is 12.1. The van der Waals surface area contributed by atoms with Crippen molar-refractivity contribution in [1.29, 1.82) is 0 Å². The van der Waals surface area contributed by atoms with Gasteiger partial charge in [0, 0.05) is 17.5 Å². The maximum absolute atomic E-state index is 12.3. The van der Waals surface area contributed by atoms with Crippen molar-refractivity contribution in [2.24, 2.45) is 0 Å². The molecule has 21 heavy (non-hydrogen) atoms. The fourth-order valence-electron chi connectivity index (χ4n) is 2.51. The number of hydrogen-bond donors (Lipinski definition) is 0. The van der Waals surface area contributed by atoms with Crippen molar-refractivity contribution in [3.63, 3.8) is 0 Å². The third kappa shape index (κ3) is 2.95. The molecular formula is C16H17ClN2O2. The molecule has 1 aromatic heterocycles. The van der Waals surface area contributed by atoms with Gasteiger partial charge in [0.2, 0.25) is 0 Å². The SMILES string of the molecule is COc1ccc(C)cc1Cn1c(C2CC2)nc(Cl)cc1=O. The normalized spacial score (nSPS) is 14.2. The van der Waals surface area contributed by atoms with Crippen LogP contribution in [0.3, 0.4) is 0 Å². The maximum Gasteiger partial charge on any atom is 0.255 e. The molecule has 0 amide bonds. The lowest BCUT2D eigenvalue weighted by Crippen LogP contribution is -2.25. The minimum absolute atomic E-state index is 0.111. The average Bonchev–Trinajstić information content (AvgIpc) is 3.26. The predicted octanol–water partition coefficient (Wildman–Crippen LogP) is 3.14. The van der Waals surface area contributed by atoms with Gasteiger partial charge in [0.05, 0.1) is 13.7 Å². The van der Waals surface area contributed by atoms with Gasteiger partial charge < -0.3 is 4.74 Å². The molecular weight excluding hydrogens is 288 g/mol. The molecule has 4 nitrogen and oxygen atoms in total. The Labute approximate surface area is 128 Å². The topological polar surface area (TPSA) is 44.1 Å². The fraction of sp³-hybridized carbons (Fsp3) is 0.375. The van der Waals surface area contributed by atoms with Gasteiger partial charge in [0.15, 0.2) is 0 Å². The van der Waals surface area contributed by atoms with Crippen molar-refractivity contribution in [2.45, 2.75) is 32.2 Å². The van der Waals surface area contributed by atoms with Crippen LogP contribution in [0, 0.1) is 6.92 Å². The third-order valence-corrected chi connectivity index (χ3v) is 3.91. The van der Waals surface area contributed by atoms with Gasteiger partial charge in [-0.2, -0.15) is 0 Å². The van der Waals surface area contributed by atoms with Gasteiger partial charge in [-0.3, -0.25) is 9.36 Å². The number of aromatic nitrogens is 2. The van der Waals surface area contributed by atoms with Crippen LogP contribution in [-0.2, 0) is 6.54 Å². The van der Waals surface area contributed by atoms with E-state index < -0.39 is 0 Å². The molecule has 5 heteroatoms. The first kappa shape index (κ1) is 14.1. The molecule has 1 aliphatic rings. The van der Waals surface area contributed by atoms with Crippen molar-refractivity contribution in [2.75, 3.05) is 7.11 Å². The Morgan fingerprint density at radius 1 is 1.38 bits per heavy atom. The molecule has 110 valence electrons. The summed E-state index contributed by atoms with van der Waals surface area (Å²) in [6.07, 6.45) is 2.13. The molecule has 1 aromatic carbocycles. The van der Waals surface area contributed by atoms with Gasteiger partial charge in [-0.15, -0.1) is 0 Å². The monoisotopic (exact) mass is 304 g/mol. The van der Waals surface area contributed by atoms with Crippen molar-refractivity contribution in [3.05, 3.63) is 56.7 Å². The van der Waals surface area contributed by atoms with Gasteiger partial charge in [-0.25, -0.2) is 4.98 Å². The van der Waals surface area contributed by atoms with Crippen molar-refractivity contribution >= 4 is 11.6 Å². The lowest BCUT2D eigenvalue weighted by molar-refractivity contribution is 0.407. The summed E-state index contributed by atoms with van der Waals surface area (Å²) in [4.78, 5) is 16.6. The summed E-state index contributed by atoms with van der Waals surface area (Å²) in [6, 6.07) is 7.33. The van der Waals surface area contributed by atoms with E-state index in [1.54, 1.807) is 11.7 Å². The van der Waals surface area contributed by atoms with Crippen LogP contribution in [0.5, 0.6) is 5.75 Å². The first-order valence-electron chi connectivity index (χ1n) is 6.99. The zero-order chi connectivity index (χ0) is 15.0. The van der Waals surface area contributed by atoms with Crippen molar-refractivity contribution in [3.8, 4) is 5.75 Å². The largest absolute Gasteiger partial charge is 0.496 e. The molecule has 1 heterocycles. The highest BCUT2D eigenvalue weighted by Gasteiger charge is 2.29. The molecule has 1 saturated carbocycles. The Hall–Kier alpha value is -1.81. The first-order valence-corrected chi connectivity index (χ1v) is 7.37. The van der Waals surface area contributed by atoms with Crippen LogP contribution in [0.15, 0.2) is 29.1 Å². The van der Waals surface area contributed by atoms with Gasteiger partial charge >= 0.3 is 0 Å². The molecule has 1 fully saturated rings. The van der Waals surface area contributed by atoms with E-state index in [-0.39, 0.29) is 10.7 Å². The van der Waals surface area contributed by atoms with Crippen LogP contribution in [0.1, 0.15) is 35.7 Å². The minimum atomic E-state index is -0.111. The number of benzene rings is 1. The summed E-state index contributed by atoms with van der Waals surface area (Å²) in [6.45, 7) is 2.48. The highest BCUT2D eigenvalue weighted by atomic mass is 35.5. The van der Waals surface area contributed by atoms with Gasteiger partial charge in [-0.05, 0) is 25.8 Å². The van der Waals surface area contributed by atoms with Crippen LogP contribution in [0.2, 0.25) is 5.15 Å². The van der Waals surface area contributed by atoms with E-state index in [4.69, 9.17) is 16.3 Å².